The number of anilines is 1. The Bertz CT molecular complexity index is 1580. The normalized spacial score (nSPS) is 20.9. The number of nitrogens with one attached hydrogen (secondary N) is 3. The van der Waals surface area contributed by atoms with Crippen LogP contribution in [0.4, 0.5) is 32.4 Å². The molecule has 1 aliphatic carbocycles. The number of hydrogen-bond donors (Lipinski definition) is 4. The SMILES string of the molecule is CCc1nc(C)c(CN2CC[C@]3(c4ccc(OC)c(OC)c4)CC[C@@H](NC(=O)Nc4ccc(F)c(F)c4)C[C@H]23)[nH]1.O=C(O)C(F)(F)F. The Balaban J connectivity index is 0.000000644. The zero-order valence-corrected chi connectivity index (χ0v) is 26.4. The highest BCUT2D eigenvalue weighted by Gasteiger charge is 2.52. The van der Waals surface area contributed by atoms with Crippen LogP contribution in [0.1, 0.15) is 55.4 Å². The first-order valence-corrected chi connectivity index (χ1v) is 15.0. The van der Waals surface area contributed by atoms with Gasteiger partial charge in [0.15, 0.2) is 23.1 Å². The topological polar surface area (TPSA) is 129 Å². The molecule has 1 saturated heterocycles. The summed E-state index contributed by atoms with van der Waals surface area (Å²) in [5.41, 5.74) is 3.42. The third-order valence-electron chi connectivity index (χ3n) is 8.81. The summed E-state index contributed by atoms with van der Waals surface area (Å²) in [6, 6.07) is 9.16. The maximum Gasteiger partial charge on any atom is 0.490 e. The number of aryl methyl sites for hydroxylation is 2. The maximum absolute atomic E-state index is 13.6. The van der Waals surface area contributed by atoms with E-state index in [2.05, 4.69) is 44.6 Å². The Hall–Kier alpha value is -4.40. The van der Waals surface area contributed by atoms with Crippen LogP contribution < -0.4 is 20.1 Å². The van der Waals surface area contributed by atoms with Gasteiger partial charge < -0.3 is 30.2 Å². The van der Waals surface area contributed by atoms with Crippen LogP contribution in [0, 0.1) is 18.6 Å². The molecule has 2 fully saturated rings. The first-order valence-electron chi connectivity index (χ1n) is 15.0. The number of urea groups is 1. The van der Waals surface area contributed by atoms with Crippen LogP contribution in [0.3, 0.4) is 0 Å². The van der Waals surface area contributed by atoms with Gasteiger partial charge in [-0.3, -0.25) is 4.90 Å². The number of aliphatic carboxylic acids is 1. The standard InChI is InChI=1S/C30H37F2N5O3.C2HF3O2/c1-5-28-33-18(2)24(36-28)17-37-13-12-30(19-6-9-25(39-3)26(14-19)40-4)11-10-21(16-27(30)37)35-29(38)34-20-7-8-22(31)23(32)15-20;3-2(4,5)1(6)7/h6-9,14-15,21,27H,5,10-13,16-17H2,1-4H3,(H,33,36)(H2,34,35,38);(H,6,7)/t21-,27+,30+;/m1./s1. The van der Waals surface area contributed by atoms with Gasteiger partial charge in [0.2, 0.25) is 0 Å². The van der Waals surface area contributed by atoms with E-state index in [1.165, 1.54) is 11.6 Å². The van der Waals surface area contributed by atoms with Crippen molar-refractivity contribution in [2.75, 3.05) is 26.1 Å². The Morgan fingerprint density at radius 3 is 2.38 bits per heavy atom. The zero-order chi connectivity index (χ0) is 34.5. The van der Waals surface area contributed by atoms with E-state index in [1.807, 2.05) is 13.0 Å². The molecule has 47 heavy (non-hydrogen) atoms. The summed E-state index contributed by atoms with van der Waals surface area (Å²) < 4.78 is 69.8. The molecule has 2 heterocycles. The summed E-state index contributed by atoms with van der Waals surface area (Å²) >= 11 is 0. The lowest BCUT2D eigenvalue weighted by molar-refractivity contribution is -0.192. The lowest BCUT2D eigenvalue weighted by atomic mass is 9.65. The highest BCUT2D eigenvalue weighted by Crippen LogP contribution is 2.50. The van der Waals surface area contributed by atoms with Crippen LogP contribution in [0.15, 0.2) is 36.4 Å². The average molecular weight is 668 g/mol. The molecule has 1 aromatic heterocycles. The molecule has 0 radical (unpaired) electrons. The van der Waals surface area contributed by atoms with E-state index in [9.17, 15) is 26.7 Å². The zero-order valence-electron chi connectivity index (χ0n) is 26.4. The highest BCUT2D eigenvalue weighted by molar-refractivity contribution is 5.89. The van der Waals surface area contributed by atoms with Gasteiger partial charge in [0, 0.05) is 42.2 Å². The number of nitrogens with zero attached hydrogens (tertiary/aromatic N) is 2. The molecular weight excluding hydrogens is 629 g/mol. The van der Waals surface area contributed by atoms with E-state index in [0.717, 1.165) is 74.5 Å². The van der Waals surface area contributed by atoms with Crippen LogP contribution in [-0.4, -0.2) is 71.0 Å². The number of alkyl halides is 3. The summed E-state index contributed by atoms with van der Waals surface area (Å²) in [6.45, 7) is 5.78. The lowest BCUT2D eigenvalue weighted by Gasteiger charge is -2.45. The Kier molecular flexibility index (Phi) is 11.0. The van der Waals surface area contributed by atoms with Gasteiger partial charge >= 0.3 is 18.2 Å². The number of benzene rings is 2. The summed E-state index contributed by atoms with van der Waals surface area (Å²) in [5, 5.41) is 12.8. The van der Waals surface area contributed by atoms with E-state index in [0.29, 0.717) is 11.5 Å². The number of carbonyl (C=O) groups is 2. The number of aromatic amines is 1. The fourth-order valence-corrected chi connectivity index (χ4v) is 6.46. The van der Waals surface area contributed by atoms with Crippen LogP contribution in [0.25, 0.3) is 0 Å². The molecule has 10 nitrogen and oxygen atoms in total. The third kappa shape index (κ3) is 8.13. The summed E-state index contributed by atoms with van der Waals surface area (Å²) in [6.07, 6.45) is -0.851. The summed E-state index contributed by atoms with van der Waals surface area (Å²) in [7, 11) is 3.28. The number of methoxy groups -OCH3 is 2. The number of ether oxygens (including phenoxy) is 2. The Morgan fingerprint density at radius 2 is 1.79 bits per heavy atom. The smallest absolute Gasteiger partial charge is 0.490 e. The van der Waals surface area contributed by atoms with Crippen molar-refractivity contribution < 1.29 is 46.1 Å². The Labute approximate surface area is 268 Å². The molecule has 2 amide bonds. The van der Waals surface area contributed by atoms with Crippen molar-refractivity contribution in [2.24, 2.45) is 0 Å². The van der Waals surface area contributed by atoms with Gasteiger partial charge in [-0.1, -0.05) is 13.0 Å². The molecule has 4 N–H and O–H groups in total. The van der Waals surface area contributed by atoms with Gasteiger partial charge in [0.05, 0.1) is 25.6 Å². The van der Waals surface area contributed by atoms with Gasteiger partial charge in [-0.2, -0.15) is 13.2 Å². The minimum Gasteiger partial charge on any atom is -0.493 e. The predicted octanol–water partition coefficient (Wildman–Crippen LogP) is 6.10. The van der Waals surface area contributed by atoms with Crippen molar-refractivity contribution in [3.8, 4) is 11.5 Å². The number of rotatable bonds is 8. The molecular formula is C32H38F5N5O5. The number of halogens is 5. The fraction of sp³-hybridized carbons (Fsp3) is 0.469. The molecule has 3 atom stereocenters. The van der Waals surface area contributed by atoms with Crippen molar-refractivity contribution in [2.45, 2.75) is 76.2 Å². The third-order valence-corrected chi connectivity index (χ3v) is 8.81. The number of aromatic nitrogens is 2. The van der Waals surface area contributed by atoms with Crippen molar-refractivity contribution in [1.82, 2.24) is 20.2 Å². The van der Waals surface area contributed by atoms with Crippen LogP contribution >= 0.6 is 0 Å². The van der Waals surface area contributed by atoms with Crippen LogP contribution in [-0.2, 0) is 23.2 Å². The number of amides is 2. The number of fused-ring (bicyclic) bond motifs is 1. The summed E-state index contributed by atoms with van der Waals surface area (Å²) in [5.74, 6) is -2.34. The number of carboxylic acids is 1. The number of carbonyl (C=O) groups excluding carboxylic acids is 1. The van der Waals surface area contributed by atoms with E-state index in [4.69, 9.17) is 19.4 Å². The molecule has 1 aliphatic heterocycles. The van der Waals surface area contributed by atoms with Crippen molar-refractivity contribution in [3.63, 3.8) is 0 Å². The minimum atomic E-state index is -5.08. The number of likely N-dealkylation sites (tertiary alicyclic amines) is 1. The van der Waals surface area contributed by atoms with Crippen molar-refractivity contribution >= 4 is 17.7 Å². The second-order valence-electron chi connectivity index (χ2n) is 11.6. The van der Waals surface area contributed by atoms with Crippen molar-refractivity contribution in [1.29, 1.82) is 0 Å². The number of imidazole rings is 1. The van der Waals surface area contributed by atoms with E-state index < -0.39 is 29.8 Å². The van der Waals surface area contributed by atoms with Gasteiger partial charge in [0.25, 0.3) is 0 Å². The van der Waals surface area contributed by atoms with E-state index in [-0.39, 0.29) is 23.2 Å². The first-order chi connectivity index (χ1) is 22.2. The predicted molar refractivity (Wildman–Crippen MR) is 163 cm³/mol. The van der Waals surface area contributed by atoms with Crippen LogP contribution in [0.5, 0.6) is 11.5 Å². The van der Waals surface area contributed by atoms with Crippen LogP contribution in [0.2, 0.25) is 0 Å². The van der Waals surface area contributed by atoms with Gasteiger partial charge in [0.1, 0.15) is 5.82 Å². The van der Waals surface area contributed by atoms with E-state index >= 15 is 0 Å². The molecule has 0 unspecified atom stereocenters. The Morgan fingerprint density at radius 1 is 1.09 bits per heavy atom. The number of H-pyrrole nitrogens is 1. The van der Waals surface area contributed by atoms with Gasteiger partial charge in [-0.05, 0) is 69.0 Å². The lowest BCUT2D eigenvalue weighted by Crippen LogP contribution is -2.52. The first kappa shape index (κ1) is 35.5. The second-order valence-corrected chi connectivity index (χ2v) is 11.6. The maximum atomic E-state index is 13.6. The number of carboxylic acid groups (broad SMARTS) is 1. The quantitative estimate of drug-likeness (QED) is 0.214. The molecule has 0 bridgehead atoms. The van der Waals surface area contributed by atoms with Gasteiger partial charge in [-0.25, -0.2) is 23.4 Å². The molecule has 3 aromatic rings. The average Bonchev–Trinajstić information content (AvgIpc) is 3.58. The molecule has 2 aliphatic rings. The molecule has 2 aromatic carbocycles. The fourth-order valence-electron chi connectivity index (χ4n) is 6.46. The summed E-state index contributed by atoms with van der Waals surface area (Å²) in [4.78, 5) is 32.4. The monoisotopic (exact) mass is 667 g/mol. The van der Waals surface area contributed by atoms with Gasteiger partial charge in [-0.15, -0.1) is 0 Å². The molecule has 0 spiro atoms. The molecule has 1 saturated carbocycles. The minimum absolute atomic E-state index is 0.0850. The second kappa shape index (κ2) is 14.6. The van der Waals surface area contributed by atoms with E-state index in [1.54, 1.807) is 14.2 Å². The molecule has 5 rings (SSSR count). The molecule has 256 valence electrons. The highest BCUT2D eigenvalue weighted by atomic mass is 19.4. The van der Waals surface area contributed by atoms with Crippen molar-refractivity contribution in [3.05, 3.63) is 70.8 Å². The number of hydrogen-bond acceptors (Lipinski definition) is 6. The largest absolute Gasteiger partial charge is 0.493 e. The molecule has 15 heteroatoms.